The highest BCUT2D eigenvalue weighted by Crippen LogP contribution is 2.25. The van der Waals surface area contributed by atoms with E-state index in [0.29, 0.717) is 165 Å². The van der Waals surface area contributed by atoms with Gasteiger partial charge in [0.25, 0.3) is 0 Å². The third kappa shape index (κ3) is 26.8. The van der Waals surface area contributed by atoms with Gasteiger partial charge in [-0.25, -0.2) is 0 Å². The molecular formula is C45H69N3O14. The van der Waals surface area contributed by atoms with Crippen molar-refractivity contribution < 1.29 is 66.4 Å². The van der Waals surface area contributed by atoms with Crippen LogP contribution in [0.5, 0.6) is 0 Å². The van der Waals surface area contributed by atoms with E-state index in [2.05, 4.69) is 17.2 Å². The summed E-state index contributed by atoms with van der Waals surface area (Å²) in [5.41, 5.74) is 8.80. The summed E-state index contributed by atoms with van der Waals surface area (Å²) in [6.07, 6.45) is 0.366. The third-order valence-corrected chi connectivity index (χ3v) is 8.66. The molecule has 2 aromatic carbocycles. The van der Waals surface area contributed by atoms with Gasteiger partial charge in [0, 0.05) is 37.1 Å². The molecular weight excluding hydrogens is 807 g/mol. The Morgan fingerprint density at radius 3 is 1.26 bits per heavy atom. The summed E-state index contributed by atoms with van der Waals surface area (Å²) in [6.45, 7) is 12.5. The zero-order chi connectivity index (χ0) is 43.8. The molecule has 3 rings (SSSR count). The summed E-state index contributed by atoms with van der Waals surface area (Å²) in [4.78, 5) is 27.4. The van der Waals surface area contributed by atoms with Gasteiger partial charge in [0.1, 0.15) is 0 Å². The predicted molar refractivity (Wildman–Crippen MR) is 231 cm³/mol. The molecule has 0 spiro atoms. The summed E-state index contributed by atoms with van der Waals surface area (Å²) in [6, 6.07) is 15.5. The van der Waals surface area contributed by atoms with Gasteiger partial charge in [-0.15, -0.1) is 0 Å². The maximum atomic E-state index is 13.3. The van der Waals surface area contributed by atoms with Crippen LogP contribution >= 0.6 is 0 Å². The molecule has 0 fully saturated rings. The molecule has 348 valence electrons. The van der Waals surface area contributed by atoms with E-state index in [1.165, 1.54) is 0 Å². The smallest absolute Gasteiger partial charge is 0.229 e. The van der Waals surface area contributed by atoms with Gasteiger partial charge in [-0.1, -0.05) is 42.2 Å². The minimum Gasteiger partial charge on any atom is -0.379 e. The molecule has 0 radical (unpaired) electrons. The van der Waals surface area contributed by atoms with E-state index in [-0.39, 0.29) is 37.8 Å². The van der Waals surface area contributed by atoms with Crippen molar-refractivity contribution in [1.82, 2.24) is 5.32 Å². The first kappa shape index (κ1) is 52.8. The molecule has 0 bridgehead atoms. The van der Waals surface area contributed by atoms with Crippen LogP contribution < -0.4 is 16.0 Å². The zero-order valence-corrected chi connectivity index (χ0v) is 36.4. The third-order valence-electron chi connectivity index (χ3n) is 8.66. The van der Waals surface area contributed by atoms with E-state index in [1.807, 2.05) is 48.5 Å². The van der Waals surface area contributed by atoms with Crippen molar-refractivity contribution in [2.45, 2.75) is 19.4 Å². The van der Waals surface area contributed by atoms with Gasteiger partial charge in [-0.3, -0.25) is 9.59 Å². The largest absolute Gasteiger partial charge is 0.379 e. The average molecular weight is 876 g/mol. The Morgan fingerprint density at radius 1 is 0.468 bits per heavy atom. The number of ether oxygens (including phenoxy) is 12. The monoisotopic (exact) mass is 875 g/mol. The summed E-state index contributed by atoms with van der Waals surface area (Å²) in [5.74, 6) is 6.16. The number of nitrogens with two attached hydrogens (primary N) is 1. The van der Waals surface area contributed by atoms with E-state index in [1.54, 1.807) is 4.90 Å². The molecule has 1 aliphatic rings. The predicted octanol–water partition coefficient (Wildman–Crippen LogP) is 1.99. The number of nitrogens with zero attached hydrogens (tertiary/aromatic N) is 1. The maximum Gasteiger partial charge on any atom is 0.229 e. The van der Waals surface area contributed by atoms with E-state index in [9.17, 15) is 9.59 Å². The van der Waals surface area contributed by atoms with Crippen LogP contribution in [0.3, 0.4) is 0 Å². The lowest BCUT2D eigenvalue weighted by molar-refractivity contribution is -0.122. The molecule has 2 aromatic rings. The average Bonchev–Trinajstić information content (AvgIpc) is 3.28. The van der Waals surface area contributed by atoms with Gasteiger partial charge in [0.15, 0.2) is 0 Å². The van der Waals surface area contributed by atoms with Gasteiger partial charge >= 0.3 is 0 Å². The van der Waals surface area contributed by atoms with Crippen molar-refractivity contribution in [3.8, 4) is 11.8 Å². The molecule has 0 aliphatic carbocycles. The standard InChI is InChI=1S/C45H69N3O14/c46-13-16-52-18-20-54-22-24-56-26-28-58-30-32-60-34-36-62-38-37-61-35-33-59-31-29-57-27-25-55-23-21-53-19-17-51-15-12-44(49)47-14-11-45(50)48-39-42-7-2-1-5-40(42)9-10-41-6-3-4-8-43(41)48/h1-8H,11-39,46H2,(H,47,49). The Bertz CT molecular complexity index is 1490. The number of nitrogens with one attached hydrogen (secondary N) is 1. The van der Waals surface area contributed by atoms with Gasteiger partial charge in [0.2, 0.25) is 11.8 Å². The van der Waals surface area contributed by atoms with Crippen LogP contribution in [0.2, 0.25) is 0 Å². The van der Waals surface area contributed by atoms with Crippen LogP contribution in [0.25, 0.3) is 0 Å². The number of benzene rings is 2. The molecule has 0 aromatic heterocycles. The van der Waals surface area contributed by atoms with Crippen LogP contribution in [-0.4, -0.2) is 183 Å². The molecule has 0 saturated heterocycles. The molecule has 0 unspecified atom stereocenters. The number of anilines is 1. The summed E-state index contributed by atoms with van der Waals surface area (Å²) in [5, 5.41) is 2.82. The lowest BCUT2D eigenvalue weighted by atomic mass is 10.0. The fourth-order valence-electron chi connectivity index (χ4n) is 5.51. The van der Waals surface area contributed by atoms with Crippen molar-refractivity contribution in [3.05, 3.63) is 65.2 Å². The Hall–Kier alpha value is -3.58. The van der Waals surface area contributed by atoms with Crippen molar-refractivity contribution in [2.75, 3.05) is 177 Å². The Kier molecular flexibility index (Phi) is 32.3. The maximum absolute atomic E-state index is 13.3. The SMILES string of the molecule is NCCOCCOCCOCCOCCOCCOCCOCCOCCOCCOCCOCCOCCC(=O)NCCC(=O)N1Cc2ccccc2C#Cc2ccccc21. The number of para-hydroxylation sites is 1. The molecule has 0 saturated carbocycles. The van der Waals surface area contributed by atoms with Crippen molar-refractivity contribution >= 4 is 17.5 Å². The molecule has 17 nitrogen and oxygen atoms in total. The molecule has 3 N–H and O–H groups in total. The second-order valence-electron chi connectivity index (χ2n) is 13.4. The molecule has 62 heavy (non-hydrogen) atoms. The van der Waals surface area contributed by atoms with Crippen LogP contribution in [0.4, 0.5) is 5.69 Å². The lowest BCUT2D eigenvalue weighted by Crippen LogP contribution is -2.35. The second kappa shape index (κ2) is 37.9. The van der Waals surface area contributed by atoms with Gasteiger partial charge in [-0.2, -0.15) is 0 Å². The highest BCUT2D eigenvalue weighted by atomic mass is 16.6. The highest BCUT2D eigenvalue weighted by molar-refractivity contribution is 5.95. The minimum absolute atomic E-state index is 0.0834. The molecule has 17 heteroatoms. The Labute approximate surface area is 367 Å². The zero-order valence-electron chi connectivity index (χ0n) is 36.4. The normalized spacial score (nSPS) is 12.0. The number of amides is 2. The van der Waals surface area contributed by atoms with Gasteiger partial charge in [-0.05, 0) is 23.8 Å². The van der Waals surface area contributed by atoms with E-state index in [0.717, 1.165) is 22.4 Å². The van der Waals surface area contributed by atoms with Crippen LogP contribution in [0, 0.1) is 11.8 Å². The number of carbonyl (C=O) groups is 2. The topological polar surface area (TPSA) is 186 Å². The number of rotatable bonds is 41. The van der Waals surface area contributed by atoms with E-state index < -0.39 is 0 Å². The van der Waals surface area contributed by atoms with Crippen LogP contribution in [0.1, 0.15) is 29.5 Å². The van der Waals surface area contributed by atoms with E-state index in [4.69, 9.17) is 62.6 Å². The first-order chi connectivity index (χ1) is 30.7. The van der Waals surface area contributed by atoms with Gasteiger partial charge < -0.3 is 72.8 Å². The number of fused-ring (bicyclic) bond motifs is 2. The second-order valence-corrected chi connectivity index (χ2v) is 13.4. The Balaban J connectivity index is 0.975. The molecule has 1 heterocycles. The summed E-state index contributed by atoms with van der Waals surface area (Å²) < 4.78 is 65.5. The molecule has 0 atom stereocenters. The summed E-state index contributed by atoms with van der Waals surface area (Å²) >= 11 is 0. The first-order valence-electron chi connectivity index (χ1n) is 21.6. The number of carbonyl (C=O) groups excluding carboxylic acids is 2. The fourth-order valence-corrected chi connectivity index (χ4v) is 5.51. The first-order valence-corrected chi connectivity index (χ1v) is 21.6. The van der Waals surface area contributed by atoms with Gasteiger partial charge in [0.05, 0.1) is 171 Å². The van der Waals surface area contributed by atoms with Crippen LogP contribution in [-0.2, 0) is 73.0 Å². The van der Waals surface area contributed by atoms with Crippen molar-refractivity contribution in [3.63, 3.8) is 0 Å². The minimum atomic E-state index is -0.173. The summed E-state index contributed by atoms with van der Waals surface area (Å²) in [7, 11) is 0. The lowest BCUT2D eigenvalue weighted by Gasteiger charge is -2.26. The highest BCUT2D eigenvalue weighted by Gasteiger charge is 2.21. The van der Waals surface area contributed by atoms with Crippen LogP contribution in [0.15, 0.2) is 48.5 Å². The molecule has 1 aliphatic heterocycles. The molecule has 2 amide bonds. The Morgan fingerprint density at radius 2 is 0.823 bits per heavy atom. The number of hydrogen-bond donors (Lipinski definition) is 2. The van der Waals surface area contributed by atoms with E-state index >= 15 is 0 Å². The quantitative estimate of drug-likeness (QED) is 0.0730. The fraction of sp³-hybridized carbons (Fsp3) is 0.644. The van der Waals surface area contributed by atoms with Crippen molar-refractivity contribution in [2.24, 2.45) is 5.73 Å². The van der Waals surface area contributed by atoms with Crippen molar-refractivity contribution in [1.29, 1.82) is 0 Å². The number of hydrogen-bond acceptors (Lipinski definition) is 15.